The summed E-state index contributed by atoms with van der Waals surface area (Å²) in [5.74, 6) is 0.0785. The Balaban J connectivity index is 1.51. The van der Waals surface area contributed by atoms with Gasteiger partial charge in [0.1, 0.15) is 0 Å². The molecule has 0 saturated heterocycles. The van der Waals surface area contributed by atoms with Crippen molar-refractivity contribution in [2.75, 3.05) is 63.1 Å². The normalized spacial score (nSPS) is 11.5. The van der Waals surface area contributed by atoms with Gasteiger partial charge in [-0.1, -0.05) is 54.1 Å². The SMILES string of the molecule is Cc1ccc(S(=O)(=O)OCCN(C)c2ccc(C(c3ccc(N(C)C)cc3)c3ccc(N(C)C)cc3)cc2)cc1. The molecule has 40 heavy (non-hydrogen) atoms. The van der Waals surface area contributed by atoms with E-state index in [2.05, 4.69) is 82.6 Å². The Hall–Kier alpha value is -3.81. The predicted molar refractivity (Wildman–Crippen MR) is 167 cm³/mol. The summed E-state index contributed by atoms with van der Waals surface area (Å²) in [5.41, 5.74) is 7.94. The molecule has 0 amide bonds. The maximum absolute atomic E-state index is 12.5. The summed E-state index contributed by atoms with van der Waals surface area (Å²) in [6.45, 7) is 2.42. The van der Waals surface area contributed by atoms with Crippen molar-refractivity contribution in [2.45, 2.75) is 17.7 Å². The summed E-state index contributed by atoms with van der Waals surface area (Å²) < 4.78 is 30.3. The van der Waals surface area contributed by atoms with E-state index in [1.165, 1.54) is 16.7 Å². The molecule has 7 heteroatoms. The van der Waals surface area contributed by atoms with Crippen LogP contribution in [0.5, 0.6) is 0 Å². The van der Waals surface area contributed by atoms with Crippen LogP contribution in [0, 0.1) is 6.92 Å². The third kappa shape index (κ3) is 7.03. The van der Waals surface area contributed by atoms with Gasteiger partial charge in [0.15, 0.2) is 0 Å². The molecule has 0 heterocycles. The van der Waals surface area contributed by atoms with Gasteiger partial charge in [-0.15, -0.1) is 0 Å². The molecule has 4 rings (SSSR count). The Morgan fingerprint density at radius 3 is 1.40 bits per heavy atom. The lowest BCUT2D eigenvalue weighted by Gasteiger charge is -2.23. The topological polar surface area (TPSA) is 53.1 Å². The van der Waals surface area contributed by atoms with E-state index in [4.69, 9.17) is 4.18 Å². The largest absolute Gasteiger partial charge is 0.378 e. The number of hydrogen-bond acceptors (Lipinski definition) is 6. The molecule has 0 N–H and O–H groups in total. The lowest BCUT2D eigenvalue weighted by Crippen LogP contribution is -2.24. The lowest BCUT2D eigenvalue weighted by molar-refractivity contribution is 0.325. The second-order valence-electron chi connectivity index (χ2n) is 10.5. The predicted octanol–water partition coefficient (Wildman–Crippen LogP) is 6.15. The van der Waals surface area contributed by atoms with Crippen LogP contribution in [0.2, 0.25) is 0 Å². The average molecular weight is 558 g/mol. The molecule has 0 aliphatic carbocycles. The third-order valence-electron chi connectivity index (χ3n) is 7.13. The number of rotatable bonds is 11. The van der Waals surface area contributed by atoms with E-state index in [0.29, 0.717) is 6.54 Å². The first-order chi connectivity index (χ1) is 19.0. The van der Waals surface area contributed by atoms with Gasteiger partial charge in [-0.3, -0.25) is 4.18 Å². The third-order valence-corrected chi connectivity index (χ3v) is 8.45. The molecule has 0 bridgehead atoms. The van der Waals surface area contributed by atoms with Crippen molar-refractivity contribution in [3.05, 3.63) is 119 Å². The highest BCUT2D eigenvalue weighted by molar-refractivity contribution is 7.86. The summed E-state index contributed by atoms with van der Waals surface area (Å²) >= 11 is 0. The van der Waals surface area contributed by atoms with Crippen LogP contribution in [0.4, 0.5) is 17.1 Å². The summed E-state index contributed by atoms with van der Waals surface area (Å²) in [7, 11) is 6.34. The fourth-order valence-corrected chi connectivity index (χ4v) is 5.51. The van der Waals surface area contributed by atoms with E-state index in [-0.39, 0.29) is 17.4 Å². The number of nitrogens with zero attached hydrogens (tertiary/aromatic N) is 3. The Labute approximate surface area is 239 Å². The maximum Gasteiger partial charge on any atom is 0.297 e. The molecule has 210 valence electrons. The summed E-state index contributed by atoms with van der Waals surface area (Å²) in [6.07, 6.45) is 0. The Morgan fingerprint density at radius 2 is 1.00 bits per heavy atom. The second-order valence-corrected chi connectivity index (χ2v) is 12.1. The highest BCUT2D eigenvalue weighted by Gasteiger charge is 2.19. The Kier molecular flexibility index (Phi) is 9.17. The van der Waals surface area contributed by atoms with Crippen molar-refractivity contribution in [1.82, 2.24) is 0 Å². The molecule has 4 aromatic carbocycles. The number of benzene rings is 4. The highest BCUT2D eigenvalue weighted by Crippen LogP contribution is 2.34. The lowest BCUT2D eigenvalue weighted by atomic mass is 9.85. The molecule has 6 nitrogen and oxygen atoms in total. The van der Waals surface area contributed by atoms with Gasteiger partial charge < -0.3 is 14.7 Å². The Morgan fingerprint density at radius 1 is 0.600 bits per heavy atom. The first kappa shape index (κ1) is 29.2. The first-order valence-electron chi connectivity index (χ1n) is 13.4. The van der Waals surface area contributed by atoms with Crippen LogP contribution in [0.25, 0.3) is 0 Å². The fourth-order valence-electron chi connectivity index (χ4n) is 4.61. The number of hydrogen-bond donors (Lipinski definition) is 0. The molecule has 0 aliphatic rings. The van der Waals surface area contributed by atoms with E-state index in [1.807, 2.05) is 47.1 Å². The monoisotopic (exact) mass is 557 g/mol. The smallest absolute Gasteiger partial charge is 0.297 e. The van der Waals surface area contributed by atoms with E-state index < -0.39 is 10.1 Å². The molecule has 0 spiro atoms. The molecule has 4 aromatic rings. The van der Waals surface area contributed by atoms with Crippen LogP contribution >= 0.6 is 0 Å². The maximum atomic E-state index is 12.5. The van der Waals surface area contributed by atoms with E-state index in [1.54, 1.807) is 24.3 Å². The quantitative estimate of drug-likeness (QED) is 0.163. The number of aryl methyl sites for hydroxylation is 1. The molecular formula is C33H39N3O3S. The van der Waals surface area contributed by atoms with Crippen molar-refractivity contribution in [3.63, 3.8) is 0 Å². The summed E-state index contributed by atoms with van der Waals surface area (Å²) in [4.78, 5) is 6.38. The van der Waals surface area contributed by atoms with Gasteiger partial charge >= 0.3 is 0 Å². The van der Waals surface area contributed by atoms with Crippen molar-refractivity contribution < 1.29 is 12.6 Å². The molecule has 0 unspecified atom stereocenters. The summed E-state index contributed by atoms with van der Waals surface area (Å²) in [6, 6.07) is 32.6. The van der Waals surface area contributed by atoms with Crippen LogP contribution in [0.3, 0.4) is 0 Å². The van der Waals surface area contributed by atoms with Crippen LogP contribution in [-0.4, -0.2) is 56.8 Å². The van der Waals surface area contributed by atoms with Gasteiger partial charge in [0.05, 0.1) is 11.5 Å². The van der Waals surface area contributed by atoms with Crippen LogP contribution in [0.15, 0.2) is 102 Å². The summed E-state index contributed by atoms with van der Waals surface area (Å²) in [5, 5.41) is 0. The van der Waals surface area contributed by atoms with E-state index in [0.717, 1.165) is 22.6 Å². The molecule has 0 saturated carbocycles. The standard InChI is InChI=1S/C33H39N3O3S/c1-25-7-21-32(22-8-25)40(37,38)39-24-23-36(6)31-19-13-28(14-20-31)33(26-9-15-29(16-10-26)34(2)3)27-11-17-30(18-12-27)35(4)5/h7-22,33H,23-24H2,1-6H3. The van der Waals surface area contributed by atoms with Crippen molar-refractivity contribution in [3.8, 4) is 0 Å². The van der Waals surface area contributed by atoms with Gasteiger partial charge in [-0.05, 0) is 72.1 Å². The van der Waals surface area contributed by atoms with Crippen LogP contribution in [0.1, 0.15) is 28.2 Å². The number of likely N-dealkylation sites (N-methyl/N-ethyl adjacent to an activating group) is 1. The zero-order valence-electron chi connectivity index (χ0n) is 24.2. The number of anilines is 3. The molecule has 0 aliphatic heterocycles. The van der Waals surface area contributed by atoms with E-state index in [9.17, 15) is 8.42 Å². The molecule has 0 aromatic heterocycles. The second kappa shape index (κ2) is 12.6. The fraction of sp³-hybridized carbons (Fsp3) is 0.273. The van der Waals surface area contributed by atoms with E-state index >= 15 is 0 Å². The van der Waals surface area contributed by atoms with Gasteiger partial charge in [-0.25, -0.2) is 0 Å². The Bertz CT molecular complexity index is 1430. The first-order valence-corrected chi connectivity index (χ1v) is 14.8. The van der Waals surface area contributed by atoms with Gasteiger partial charge in [0, 0.05) is 64.8 Å². The average Bonchev–Trinajstić information content (AvgIpc) is 2.94. The minimum atomic E-state index is -3.78. The molecule has 0 atom stereocenters. The van der Waals surface area contributed by atoms with Crippen molar-refractivity contribution in [1.29, 1.82) is 0 Å². The zero-order valence-corrected chi connectivity index (χ0v) is 25.0. The highest BCUT2D eigenvalue weighted by atomic mass is 32.2. The van der Waals surface area contributed by atoms with Crippen molar-refractivity contribution in [2.24, 2.45) is 0 Å². The van der Waals surface area contributed by atoms with Crippen LogP contribution in [-0.2, 0) is 14.3 Å². The van der Waals surface area contributed by atoms with Gasteiger partial charge in [-0.2, -0.15) is 8.42 Å². The zero-order chi connectivity index (χ0) is 28.9. The molecular weight excluding hydrogens is 518 g/mol. The van der Waals surface area contributed by atoms with Crippen LogP contribution < -0.4 is 14.7 Å². The van der Waals surface area contributed by atoms with Crippen molar-refractivity contribution >= 4 is 27.2 Å². The minimum Gasteiger partial charge on any atom is -0.378 e. The molecule has 0 radical (unpaired) electrons. The molecule has 0 fully saturated rings. The van der Waals surface area contributed by atoms with Gasteiger partial charge in [0.2, 0.25) is 0 Å². The van der Waals surface area contributed by atoms with Gasteiger partial charge in [0.25, 0.3) is 10.1 Å². The minimum absolute atomic E-state index is 0.0630.